The van der Waals surface area contributed by atoms with Crippen molar-refractivity contribution in [3.63, 3.8) is 0 Å². The Balaban J connectivity index is 1.35. The first-order valence-electron chi connectivity index (χ1n) is 21.6. The third kappa shape index (κ3) is 7.99. The average Bonchev–Trinajstić information content (AvgIpc) is 3.23. The molecule has 0 amide bonds. The van der Waals surface area contributed by atoms with Crippen molar-refractivity contribution >= 4 is 62.9 Å². The van der Waals surface area contributed by atoms with Crippen LogP contribution in [0.4, 0.5) is 34.1 Å². The molecule has 0 atom stereocenters. The van der Waals surface area contributed by atoms with E-state index in [1.807, 2.05) is 0 Å². The molecular formula is C58H58N2Si. The van der Waals surface area contributed by atoms with Gasteiger partial charge in [-0.3, -0.25) is 0 Å². The van der Waals surface area contributed by atoms with E-state index in [1.54, 1.807) is 0 Å². The van der Waals surface area contributed by atoms with Crippen LogP contribution in [0, 0.1) is 69.2 Å². The van der Waals surface area contributed by atoms with E-state index in [-0.39, 0.29) is 0 Å². The number of benzene rings is 8. The highest BCUT2D eigenvalue weighted by Crippen LogP contribution is 2.40. The quantitative estimate of drug-likeness (QED) is 0.100. The molecule has 0 aliphatic rings. The molecule has 0 heterocycles. The molecule has 2 nitrogen and oxygen atoms in total. The second-order valence-corrected chi connectivity index (χ2v) is 21.2. The summed E-state index contributed by atoms with van der Waals surface area (Å²) >= 11 is 0. The molecular weight excluding hydrogens is 753 g/mol. The van der Waals surface area contributed by atoms with Gasteiger partial charge in [-0.1, -0.05) is 155 Å². The molecule has 0 saturated carbocycles. The van der Waals surface area contributed by atoms with Crippen molar-refractivity contribution in [3.8, 4) is 0 Å². The summed E-state index contributed by atoms with van der Waals surface area (Å²) in [5.41, 5.74) is 19.7. The number of nitrogens with zero attached hydrogens (tertiary/aromatic N) is 2. The van der Waals surface area contributed by atoms with Gasteiger partial charge >= 0.3 is 0 Å². The van der Waals surface area contributed by atoms with Crippen LogP contribution in [0.15, 0.2) is 170 Å². The fourth-order valence-electron chi connectivity index (χ4n) is 9.37. The molecule has 61 heavy (non-hydrogen) atoms. The minimum Gasteiger partial charge on any atom is -0.310 e. The van der Waals surface area contributed by atoms with E-state index in [0.717, 1.165) is 11.4 Å². The second-order valence-electron chi connectivity index (χ2n) is 17.4. The Morgan fingerprint density at radius 2 is 0.459 bits per heavy atom. The largest absolute Gasteiger partial charge is 0.310 e. The van der Waals surface area contributed by atoms with Gasteiger partial charge in [0.15, 0.2) is 8.07 Å². The number of anilines is 6. The number of rotatable bonds is 10. The summed E-state index contributed by atoms with van der Waals surface area (Å²) in [5.74, 6) is 0. The van der Waals surface area contributed by atoms with Crippen molar-refractivity contribution in [1.29, 1.82) is 0 Å². The molecule has 0 aliphatic carbocycles. The standard InChI is InChI=1S/C58H58N2Si/c1-39-11-23-51(24-12-39)61(52-25-13-40(2)14-26-52,53-27-19-49(20-28-53)59(55-31-15-41(3)35-45(55)7)56-32-16-42(4)36-46(56)8)54-29-21-50(22-30-54)60(57-33-17-43(5)37-47(57)9)58-34-18-44(6)38-48(58)10/h11-38H,1-10H3. The first-order valence-corrected chi connectivity index (χ1v) is 23.6. The van der Waals surface area contributed by atoms with Crippen LogP contribution in [0.3, 0.4) is 0 Å². The lowest BCUT2D eigenvalue weighted by Gasteiger charge is -2.36. The van der Waals surface area contributed by atoms with Crippen LogP contribution in [0.5, 0.6) is 0 Å². The van der Waals surface area contributed by atoms with Crippen LogP contribution in [-0.2, 0) is 0 Å². The molecule has 0 saturated heterocycles. The summed E-state index contributed by atoms with van der Waals surface area (Å²) < 4.78 is 0. The van der Waals surface area contributed by atoms with E-state index in [1.165, 1.54) is 99.1 Å². The highest BCUT2D eigenvalue weighted by atomic mass is 28.3. The zero-order chi connectivity index (χ0) is 43.0. The molecule has 0 fully saturated rings. The molecule has 8 aromatic rings. The molecule has 0 aliphatic heterocycles. The molecule has 0 radical (unpaired) electrons. The molecule has 8 aromatic carbocycles. The third-order valence-corrected chi connectivity index (χ3v) is 17.3. The molecule has 3 heteroatoms. The zero-order valence-corrected chi connectivity index (χ0v) is 38.6. The van der Waals surface area contributed by atoms with Gasteiger partial charge < -0.3 is 9.80 Å². The van der Waals surface area contributed by atoms with Gasteiger partial charge in [0.25, 0.3) is 0 Å². The number of hydrogen-bond acceptors (Lipinski definition) is 2. The molecule has 0 spiro atoms. The van der Waals surface area contributed by atoms with Crippen molar-refractivity contribution in [2.45, 2.75) is 69.2 Å². The Kier molecular flexibility index (Phi) is 11.5. The lowest BCUT2D eigenvalue weighted by Crippen LogP contribution is -2.74. The van der Waals surface area contributed by atoms with Gasteiger partial charge in [0, 0.05) is 34.1 Å². The fraction of sp³-hybridized carbons (Fsp3) is 0.172. The highest BCUT2D eigenvalue weighted by Gasteiger charge is 2.42. The normalized spacial score (nSPS) is 11.4. The van der Waals surface area contributed by atoms with Gasteiger partial charge in [-0.2, -0.15) is 0 Å². The van der Waals surface area contributed by atoms with Gasteiger partial charge in [0.2, 0.25) is 0 Å². The van der Waals surface area contributed by atoms with Crippen molar-refractivity contribution in [1.82, 2.24) is 0 Å². The van der Waals surface area contributed by atoms with E-state index < -0.39 is 8.07 Å². The minimum atomic E-state index is -2.89. The first-order chi connectivity index (χ1) is 29.3. The Bertz CT molecular complexity index is 2530. The smallest absolute Gasteiger partial charge is 0.179 e. The van der Waals surface area contributed by atoms with Gasteiger partial charge in [0.05, 0.1) is 0 Å². The topological polar surface area (TPSA) is 6.48 Å². The monoisotopic (exact) mass is 810 g/mol. The lowest BCUT2D eigenvalue weighted by atomic mass is 10.0. The van der Waals surface area contributed by atoms with Crippen molar-refractivity contribution in [3.05, 3.63) is 225 Å². The van der Waals surface area contributed by atoms with Gasteiger partial charge in [-0.15, -0.1) is 0 Å². The highest BCUT2D eigenvalue weighted by molar-refractivity contribution is 7.19. The summed E-state index contributed by atoms with van der Waals surface area (Å²) in [6.07, 6.45) is 0. The van der Waals surface area contributed by atoms with Crippen LogP contribution < -0.4 is 30.5 Å². The van der Waals surface area contributed by atoms with Crippen LogP contribution in [0.1, 0.15) is 55.6 Å². The molecule has 0 aromatic heterocycles. The summed E-state index contributed by atoms with van der Waals surface area (Å²) in [6, 6.07) is 65.0. The van der Waals surface area contributed by atoms with Crippen LogP contribution in [-0.4, -0.2) is 8.07 Å². The van der Waals surface area contributed by atoms with Crippen molar-refractivity contribution in [2.24, 2.45) is 0 Å². The van der Waals surface area contributed by atoms with Crippen LogP contribution >= 0.6 is 0 Å². The first kappa shape index (κ1) is 41.3. The van der Waals surface area contributed by atoms with E-state index in [4.69, 9.17) is 0 Å². The summed E-state index contributed by atoms with van der Waals surface area (Å²) in [7, 11) is -2.89. The van der Waals surface area contributed by atoms with Gasteiger partial charge in [0.1, 0.15) is 0 Å². The van der Waals surface area contributed by atoms with E-state index in [0.29, 0.717) is 0 Å². The zero-order valence-electron chi connectivity index (χ0n) is 37.6. The van der Waals surface area contributed by atoms with Crippen LogP contribution in [0.25, 0.3) is 0 Å². The minimum absolute atomic E-state index is 1.14. The van der Waals surface area contributed by atoms with E-state index in [2.05, 4.69) is 249 Å². The molecule has 8 rings (SSSR count). The van der Waals surface area contributed by atoms with E-state index in [9.17, 15) is 0 Å². The number of hydrogen-bond donors (Lipinski definition) is 0. The molecule has 0 unspecified atom stereocenters. The Hall–Kier alpha value is -6.42. The van der Waals surface area contributed by atoms with Gasteiger partial charge in [-0.25, -0.2) is 0 Å². The Morgan fingerprint density at radius 3 is 0.689 bits per heavy atom. The maximum atomic E-state index is 2.44. The average molecular weight is 811 g/mol. The Morgan fingerprint density at radius 1 is 0.246 bits per heavy atom. The molecule has 0 N–H and O–H groups in total. The third-order valence-electron chi connectivity index (χ3n) is 12.5. The predicted octanol–water partition coefficient (Wildman–Crippen LogP) is 13.1. The fourth-order valence-corrected chi connectivity index (χ4v) is 14.0. The summed E-state index contributed by atoms with van der Waals surface area (Å²) in [6.45, 7) is 22.0. The molecule has 0 bridgehead atoms. The number of aryl methyl sites for hydroxylation is 10. The SMILES string of the molecule is Cc1ccc([Si](c2ccc(C)cc2)(c2ccc(N(c3ccc(C)cc3C)c3ccc(C)cc3C)cc2)c2ccc(N(c3ccc(C)cc3C)c3ccc(C)cc3C)cc2)cc1. The Labute approximate surface area is 365 Å². The summed E-state index contributed by atoms with van der Waals surface area (Å²) in [4.78, 5) is 4.88. The van der Waals surface area contributed by atoms with E-state index >= 15 is 0 Å². The van der Waals surface area contributed by atoms with Crippen LogP contribution in [0.2, 0.25) is 0 Å². The summed E-state index contributed by atoms with van der Waals surface area (Å²) in [5, 5.41) is 5.42. The van der Waals surface area contributed by atoms with Gasteiger partial charge in [-0.05, 0) is 161 Å². The molecule has 304 valence electrons. The van der Waals surface area contributed by atoms with Crippen molar-refractivity contribution < 1.29 is 0 Å². The maximum absolute atomic E-state index is 2.89. The predicted molar refractivity (Wildman–Crippen MR) is 267 cm³/mol. The van der Waals surface area contributed by atoms with Crippen molar-refractivity contribution in [2.75, 3.05) is 9.80 Å². The maximum Gasteiger partial charge on any atom is 0.179 e. The lowest BCUT2D eigenvalue weighted by molar-refractivity contribution is 1.21. The second kappa shape index (κ2) is 16.9.